The van der Waals surface area contributed by atoms with E-state index in [2.05, 4.69) is 0 Å². The Hall–Kier alpha value is -0.0800. The molecule has 3 atom stereocenters. The Labute approximate surface area is 61.9 Å². The Kier molecular flexibility index (Phi) is 1.40. The fourth-order valence-electron chi connectivity index (χ4n) is 1.63. The van der Waals surface area contributed by atoms with Crippen LogP contribution in [0.5, 0.6) is 0 Å². The van der Waals surface area contributed by atoms with E-state index in [1.165, 1.54) is 0 Å². The smallest absolute Gasteiger partial charge is 0.0934 e. The van der Waals surface area contributed by atoms with Crippen LogP contribution in [0.1, 0.15) is 27.7 Å². The van der Waals surface area contributed by atoms with Gasteiger partial charge in [0.05, 0.1) is 11.7 Å². The lowest BCUT2D eigenvalue weighted by Crippen LogP contribution is -2.69. The summed E-state index contributed by atoms with van der Waals surface area (Å²) in [4.78, 5) is 0. The predicted octanol–water partition coefficient (Wildman–Crippen LogP) is 0.774. The molecule has 0 aromatic carbocycles. The summed E-state index contributed by atoms with van der Waals surface area (Å²) in [6, 6.07) is 0. The lowest BCUT2D eigenvalue weighted by Gasteiger charge is -2.59. The molecule has 0 spiro atoms. The molecule has 2 nitrogen and oxygen atoms in total. The summed E-state index contributed by atoms with van der Waals surface area (Å²) in [7, 11) is 0. The Morgan fingerprint density at radius 3 is 1.70 bits per heavy atom. The first-order valence-corrected chi connectivity index (χ1v) is 3.72. The molecule has 0 heterocycles. The summed E-state index contributed by atoms with van der Waals surface area (Å²) in [6.45, 7) is 7.61. The number of hydrogen-bond donors (Lipinski definition) is 2. The van der Waals surface area contributed by atoms with Crippen LogP contribution in [-0.2, 0) is 0 Å². The van der Waals surface area contributed by atoms with Gasteiger partial charge in [0.25, 0.3) is 0 Å². The van der Waals surface area contributed by atoms with Crippen molar-refractivity contribution in [2.75, 3.05) is 0 Å². The van der Waals surface area contributed by atoms with Gasteiger partial charge in [0.1, 0.15) is 0 Å². The molecule has 1 fully saturated rings. The molecule has 10 heavy (non-hydrogen) atoms. The van der Waals surface area contributed by atoms with E-state index in [0.717, 1.165) is 0 Å². The molecule has 1 aliphatic carbocycles. The van der Waals surface area contributed by atoms with Crippen molar-refractivity contribution in [3.05, 3.63) is 0 Å². The van der Waals surface area contributed by atoms with Gasteiger partial charge in [0.15, 0.2) is 0 Å². The average molecular weight is 144 g/mol. The third-order valence-electron chi connectivity index (χ3n) is 3.49. The number of aliphatic hydroxyl groups is 2. The molecule has 0 saturated heterocycles. The maximum absolute atomic E-state index is 9.63. The van der Waals surface area contributed by atoms with Crippen LogP contribution in [0.2, 0.25) is 0 Å². The van der Waals surface area contributed by atoms with Gasteiger partial charge in [-0.15, -0.1) is 0 Å². The van der Waals surface area contributed by atoms with E-state index in [0.29, 0.717) is 0 Å². The fraction of sp³-hybridized carbons (Fsp3) is 1.00. The highest BCUT2D eigenvalue weighted by Gasteiger charge is 2.61. The van der Waals surface area contributed by atoms with Crippen molar-refractivity contribution in [1.82, 2.24) is 0 Å². The summed E-state index contributed by atoms with van der Waals surface area (Å²) in [6.07, 6.45) is -0.553. The van der Waals surface area contributed by atoms with Gasteiger partial charge in [-0.05, 0) is 12.8 Å². The zero-order chi connectivity index (χ0) is 8.15. The van der Waals surface area contributed by atoms with Crippen molar-refractivity contribution in [3.8, 4) is 0 Å². The van der Waals surface area contributed by atoms with Gasteiger partial charge < -0.3 is 10.2 Å². The second-order valence-electron chi connectivity index (χ2n) is 4.10. The van der Waals surface area contributed by atoms with Gasteiger partial charge in [-0.25, -0.2) is 0 Å². The van der Waals surface area contributed by atoms with Crippen molar-refractivity contribution in [2.24, 2.45) is 11.3 Å². The van der Waals surface area contributed by atoms with Gasteiger partial charge in [-0.3, -0.25) is 0 Å². The van der Waals surface area contributed by atoms with E-state index in [4.69, 9.17) is 0 Å². The first-order valence-electron chi connectivity index (χ1n) is 3.72. The summed E-state index contributed by atoms with van der Waals surface area (Å²) in [5.41, 5.74) is -1.04. The molecule has 2 heteroatoms. The molecule has 0 amide bonds. The van der Waals surface area contributed by atoms with Crippen molar-refractivity contribution in [2.45, 2.75) is 39.4 Å². The minimum Gasteiger partial charge on any atom is -0.390 e. The van der Waals surface area contributed by atoms with E-state index in [9.17, 15) is 10.2 Å². The molecule has 0 bridgehead atoms. The summed E-state index contributed by atoms with van der Waals surface area (Å²) in [5, 5.41) is 19.0. The standard InChI is InChI=1S/C8H16O2/c1-5-6(9)8(4,10)7(5,2)3/h5-6,9-10H,1-4H3. The second-order valence-corrected chi connectivity index (χ2v) is 4.10. The average Bonchev–Trinajstić information content (AvgIpc) is 1.84. The third kappa shape index (κ3) is 0.611. The quantitative estimate of drug-likeness (QED) is 0.527. The van der Waals surface area contributed by atoms with E-state index < -0.39 is 11.7 Å². The zero-order valence-corrected chi connectivity index (χ0v) is 7.05. The van der Waals surface area contributed by atoms with Crippen molar-refractivity contribution in [1.29, 1.82) is 0 Å². The molecule has 1 saturated carbocycles. The molecule has 0 aromatic rings. The van der Waals surface area contributed by atoms with Crippen LogP contribution < -0.4 is 0 Å². The van der Waals surface area contributed by atoms with Gasteiger partial charge in [0, 0.05) is 5.41 Å². The summed E-state index contributed by atoms with van der Waals surface area (Å²) in [5.74, 6) is 0.197. The number of hydrogen-bond acceptors (Lipinski definition) is 2. The number of rotatable bonds is 0. The highest BCUT2D eigenvalue weighted by Crippen LogP contribution is 2.53. The van der Waals surface area contributed by atoms with Gasteiger partial charge in [0.2, 0.25) is 0 Å². The van der Waals surface area contributed by atoms with Crippen LogP contribution in [0.3, 0.4) is 0 Å². The first-order chi connectivity index (χ1) is 4.32. The van der Waals surface area contributed by atoms with E-state index >= 15 is 0 Å². The monoisotopic (exact) mass is 144 g/mol. The molecule has 0 aromatic heterocycles. The Balaban J connectivity index is 2.82. The van der Waals surface area contributed by atoms with Crippen LogP contribution in [-0.4, -0.2) is 21.9 Å². The SMILES string of the molecule is CC1C(O)C(C)(O)C1(C)C. The van der Waals surface area contributed by atoms with Crippen LogP contribution in [0.15, 0.2) is 0 Å². The third-order valence-corrected chi connectivity index (χ3v) is 3.49. The first kappa shape index (κ1) is 8.02. The predicted molar refractivity (Wildman–Crippen MR) is 39.6 cm³/mol. The van der Waals surface area contributed by atoms with Crippen molar-refractivity contribution < 1.29 is 10.2 Å². The maximum atomic E-state index is 9.63. The largest absolute Gasteiger partial charge is 0.390 e. The zero-order valence-electron chi connectivity index (χ0n) is 7.05. The topological polar surface area (TPSA) is 40.5 Å². The van der Waals surface area contributed by atoms with Crippen LogP contribution in [0.4, 0.5) is 0 Å². The highest BCUT2D eigenvalue weighted by molar-refractivity contribution is 5.11. The molecule has 0 aliphatic heterocycles. The lowest BCUT2D eigenvalue weighted by atomic mass is 9.51. The number of aliphatic hydroxyl groups excluding tert-OH is 1. The van der Waals surface area contributed by atoms with Gasteiger partial charge >= 0.3 is 0 Å². The highest BCUT2D eigenvalue weighted by atomic mass is 16.3. The summed E-state index contributed by atoms with van der Waals surface area (Å²) < 4.78 is 0. The van der Waals surface area contributed by atoms with Crippen molar-refractivity contribution >= 4 is 0 Å². The molecular weight excluding hydrogens is 128 g/mol. The van der Waals surface area contributed by atoms with Crippen molar-refractivity contribution in [3.63, 3.8) is 0 Å². The van der Waals surface area contributed by atoms with Gasteiger partial charge in [-0.2, -0.15) is 0 Å². The van der Waals surface area contributed by atoms with E-state index in [1.807, 2.05) is 20.8 Å². The maximum Gasteiger partial charge on any atom is 0.0934 e. The van der Waals surface area contributed by atoms with Crippen LogP contribution in [0, 0.1) is 11.3 Å². The lowest BCUT2D eigenvalue weighted by molar-refractivity contribution is -0.262. The molecule has 2 N–H and O–H groups in total. The Bertz CT molecular complexity index is 131. The van der Waals surface area contributed by atoms with Gasteiger partial charge in [-0.1, -0.05) is 20.8 Å². The van der Waals surface area contributed by atoms with E-state index in [-0.39, 0.29) is 11.3 Å². The van der Waals surface area contributed by atoms with Crippen LogP contribution >= 0.6 is 0 Å². The molecule has 60 valence electrons. The van der Waals surface area contributed by atoms with E-state index in [1.54, 1.807) is 6.92 Å². The molecular formula is C8H16O2. The fourth-order valence-corrected chi connectivity index (χ4v) is 1.63. The Morgan fingerprint density at radius 2 is 1.60 bits per heavy atom. The minimum absolute atomic E-state index is 0.146. The molecule has 1 aliphatic rings. The normalized spacial score (nSPS) is 52.2. The molecule has 0 radical (unpaired) electrons. The second kappa shape index (κ2) is 1.74. The molecule has 1 rings (SSSR count). The molecule has 3 unspecified atom stereocenters. The minimum atomic E-state index is -0.896. The Morgan fingerprint density at radius 1 is 1.20 bits per heavy atom. The summed E-state index contributed by atoms with van der Waals surface area (Å²) >= 11 is 0. The van der Waals surface area contributed by atoms with Crippen LogP contribution in [0.25, 0.3) is 0 Å².